The number of halogens is 5. The smallest absolute Gasteiger partial charge is 0.329 e. The van der Waals surface area contributed by atoms with Gasteiger partial charge in [0, 0.05) is 10.5 Å². The van der Waals surface area contributed by atoms with E-state index < -0.39 is 65.6 Å². The highest BCUT2D eigenvalue weighted by Gasteiger charge is 2.48. The fraction of sp³-hybridized carbons (Fsp3) is 0.318. The van der Waals surface area contributed by atoms with Crippen LogP contribution >= 0.6 is 46.6 Å². The van der Waals surface area contributed by atoms with E-state index in [1.165, 1.54) is 10.9 Å². The van der Waals surface area contributed by atoms with Crippen LogP contribution in [0.5, 0.6) is 0 Å². The number of carboxylic acids is 1. The zero-order chi connectivity index (χ0) is 26.9. The minimum atomic E-state index is -1.43. The van der Waals surface area contributed by atoms with E-state index in [2.05, 4.69) is 10.3 Å². The molecule has 9 nitrogen and oxygen atoms in total. The molecule has 1 saturated heterocycles. The predicted octanol–water partition coefficient (Wildman–Crippen LogP) is 4.06. The number of nitrogens with zero attached hydrogens (tertiary/aromatic N) is 3. The summed E-state index contributed by atoms with van der Waals surface area (Å²) < 4.78 is 40.6. The minimum absolute atomic E-state index is 0.0237. The van der Waals surface area contributed by atoms with Crippen LogP contribution in [0.25, 0.3) is 11.3 Å². The van der Waals surface area contributed by atoms with Gasteiger partial charge in [-0.15, -0.1) is 5.10 Å². The molecule has 1 aromatic heterocycles. The maximum absolute atomic E-state index is 14.0. The fourth-order valence-corrected chi connectivity index (χ4v) is 5.39. The van der Waals surface area contributed by atoms with Crippen molar-refractivity contribution in [2.45, 2.75) is 34.7 Å². The standard InChI is InChI=1S/C22H18Cl3F2N3O6S/c23-11-2-1-10(5-12(11)24)37-22-21(35-8-17(32)33)19(20(34)16(7-31)36-22)30-6-15(28-29-30)9-3-13(26)18(25)14(27)4-9/h1-6,16,19-22,31,34H,7-8H2,(H,32,33)/t16?,19-,20-,21?,22+/m0/s1. The van der Waals surface area contributed by atoms with Gasteiger partial charge in [-0.2, -0.15) is 0 Å². The first kappa shape index (κ1) is 28.0. The summed E-state index contributed by atoms with van der Waals surface area (Å²) in [6, 6.07) is 5.61. The van der Waals surface area contributed by atoms with Gasteiger partial charge in [0.05, 0.1) is 22.8 Å². The Bertz CT molecular complexity index is 1280. The van der Waals surface area contributed by atoms with Gasteiger partial charge in [-0.05, 0) is 30.3 Å². The summed E-state index contributed by atoms with van der Waals surface area (Å²) in [6.45, 7) is -1.33. The third-order valence-corrected chi connectivity index (χ3v) is 7.70. The maximum atomic E-state index is 14.0. The summed E-state index contributed by atoms with van der Waals surface area (Å²) in [4.78, 5) is 11.9. The monoisotopic (exact) mass is 595 g/mol. The van der Waals surface area contributed by atoms with E-state index in [1.807, 2.05) is 0 Å². The summed E-state index contributed by atoms with van der Waals surface area (Å²) >= 11 is 18.7. The second-order valence-electron chi connectivity index (χ2n) is 7.91. The Morgan fingerprint density at radius 3 is 2.49 bits per heavy atom. The molecule has 15 heteroatoms. The molecule has 1 aliphatic heterocycles. The normalized spacial score (nSPS) is 23.8. The van der Waals surface area contributed by atoms with Crippen LogP contribution in [0, 0.1) is 11.6 Å². The van der Waals surface area contributed by atoms with Crippen molar-refractivity contribution in [3.8, 4) is 11.3 Å². The molecule has 2 heterocycles. The van der Waals surface area contributed by atoms with Crippen molar-refractivity contribution in [2.24, 2.45) is 0 Å². The number of hydrogen-bond donors (Lipinski definition) is 3. The molecular weight excluding hydrogens is 579 g/mol. The zero-order valence-corrected chi connectivity index (χ0v) is 21.6. The first-order valence-corrected chi connectivity index (χ1v) is 12.6. The molecule has 37 heavy (non-hydrogen) atoms. The molecule has 0 amide bonds. The van der Waals surface area contributed by atoms with Gasteiger partial charge in [-0.3, -0.25) is 0 Å². The highest BCUT2D eigenvalue weighted by atomic mass is 35.5. The number of carboxylic acid groups (broad SMARTS) is 1. The summed E-state index contributed by atoms with van der Waals surface area (Å²) in [5.74, 6) is -3.28. The largest absolute Gasteiger partial charge is 0.480 e. The molecule has 1 fully saturated rings. The third-order valence-electron chi connectivity index (χ3n) is 5.46. The minimum Gasteiger partial charge on any atom is -0.480 e. The Kier molecular flexibility index (Phi) is 8.92. The Morgan fingerprint density at radius 2 is 1.86 bits per heavy atom. The van der Waals surface area contributed by atoms with Crippen LogP contribution < -0.4 is 0 Å². The number of benzene rings is 2. The Morgan fingerprint density at radius 1 is 1.16 bits per heavy atom. The fourth-order valence-electron chi connectivity index (χ4n) is 3.75. The van der Waals surface area contributed by atoms with Gasteiger partial charge in [0.15, 0.2) is 0 Å². The van der Waals surface area contributed by atoms with Crippen molar-refractivity contribution < 1.29 is 38.4 Å². The summed E-state index contributed by atoms with van der Waals surface area (Å²) in [5.41, 5.74) is -0.893. The second-order valence-corrected chi connectivity index (χ2v) is 10.3. The average Bonchev–Trinajstić information content (AvgIpc) is 3.34. The number of ether oxygens (including phenoxy) is 2. The molecule has 2 unspecified atom stereocenters. The molecule has 198 valence electrons. The molecule has 0 bridgehead atoms. The van der Waals surface area contributed by atoms with Gasteiger partial charge >= 0.3 is 5.97 Å². The van der Waals surface area contributed by atoms with Crippen LogP contribution in [0.3, 0.4) is 0 Å². The molecule has 0 aliphatic carbocycles. The number of aliphatic hydroxyl groups is 2. The first-order valence-electron chi connectivity index (χ1n) is 10.5. The van der Waals surface area contributed by atoms with Gasteiger partial charge in [0.2, 0.25) is 0 Å². The van der Waals surface area contributed by atoms with Crippen molar-refractivity contribution >= 4 is 52.5 Å². The van der Waals surface area contributed by atoms with Gasteiger partial charge in [-0.1, -0.05) is 51.8 Å². The number of aromatic nitrogens is 3. The maximum Gasteiger partial charge on any atom is 0.329 e. The lowest BCUT2D eigenvalue weighted by molar-refractivity contribution is -0.196. The average molecular weight is 597 g/mol. The number of thioether (sulfide) groups is 1. The van der Waals surface area contributed by atoms with Crippen LogP contribution in [-0.2, 0) is 14.3 Å². The molecule has 0 saturated carbocycles. The Labute approximate surface area is 227 Å². The summed E-state index contributed by atoms with van der Waals surface area (Å²) in [6.07, 6.45) is -2.38. The van der Waals surface area contributed by atoms with Crippen molar-refractivity contribution in [1.29, 1.82) is 0 Å². The van der Waals surface area contributed by atoms with Crippen molar-refractivity contribution in [2.75, 3.05) is 13.2 Å². The molecule has 0 radical (unpaired) electrons. The van der Waals surface area contributed by atoms with E-state index in [0.29, 0.717) is 9.92 Å². The molecule has 3 N–H and O–H groups in total. The lowest BCUT2D eigenvalue weighted by atomic mass is 9.97. The van der Waals surface area contributed by atoms with E-state index >= 15 is 0 Å². The van der Waals surface area contributed by atoms with E-state index in [1.54, 1.807) is 18.2 Å². The molecular formula is C22H18Cl3F2N3O6S. The number of hydrogen-bond acceptors (Lipinski definition) is 8. The topological polar surface area (TPSA) is 127 Å². The van der Waals surface area contributed by atoms with E-state index in [-0.39, 0.29) is 16.3 Å². The summed E-state index contributed by atoms with van der Waals surface area (Å²) in [7, 11) is 0. The predicted molar refractivity (Wildman–Crippen MR) is 131 cm³/mol. The van der Waals surface area contributed by atoms with Gasteiger partial charge in [0.25, 0.3) is 0 Å². The lowest BCUT2D eigenvalue weighted by Gasteiger charge is -2.43. The third kappa shape index (κ3) is 6.18. The molecule has 2 aromatic carbocycles. The quantitative estimate of drug-likeness (QED) is 0.330. The molecule has 1 aliphatic rings. The second kappa shape index (κ2) is 11.8. The van der Waals surface area contributed by atoms with E-state index in [0.717, 1.165) is 23.9 Å². The highest BCUT2D eigenvalue weighted by molar-refractivity contribution is 7.99. The van der Waals surface area contributed by atoms with Crippen molar-refractivity contribution in [3.05, 3.63) is 63.2 Å². The number of aliphatic carboxylic acids is 1. The molecule has 3 aromatic rings. The number of aliphatic hydroxyl groups excluding tert-OH is 2. The van der Waals surface area contributed by atoms with Gasteiger partial charge in [0.1, 0.15) is 58.7 Å². The van der Waals surface area contributed by atoms with Crippen molar-refractivity contribution in [1.82, 2.24) is 15.0 Å². The van der Waals surface area contributed by atoms with Crippen molar-refractivity contribution in [3.63, 3.8) is 0 Å². The lowest BCUT2D eigenvalue weighted by Crippen LogP contribution is -2.56. The van der Waals surface area contributed by atoms with Crippen LogP contribution in [0.4, 0.5) is 8.78 Å². The molecule has 5 atom stereocenters. The highest BCUT2D eigenvalue weighted by Crippen LogP contribution is 2.41. The van der Waals surface area contributed by atoms with Crippen LogP contribution in [0.1, 0.15) is 6.04 Å². The van der Waals surface area contributed by atoms with E-state index in [9.17, 15) is 28.9 Å². The first-order chi connectivity index (χ1) is 17.6. The van der Waals surface area contributed by atoms with Gasteiger partial charge < -0.3 is 24.8 Å². The number of carbonyl (C=O) groups is 1. The molecule has 4 rings (SSSR count). The van der Waals surface area contributed by atoms with Crippen LogP contribution in [0.2, 0.25) is 15.1 Å². The number of rotatable bonds is 8. The van der Waals surface area contributed by atoms with Gasteiger partial charge in [-0.25, -0.2) is 18.3 Å². The van der Waals surface area contributed by atoms with Crippen LogP contribution in [0.15, 0.2) is 41.4 Å². The Balaban J connectivity index is 1.72. The summed E-state index contributed by atoms with van der Waals surface area (Å²) in [5, 5.41) is 37.9. The molecule has 0 spiro atoms. The van der Waals surface area contributed by atoms with Crippen LogP contribution in [-0.4, -0.2) is 73.2 Å². The Hall–Kier alpha value is -2.03. The SMILES string of the molecule is O=C(O)COC1[C@@H](Sc2ccc(Cl)c(Cl)c2)OC(CO)[C@H](O)[C@@H]1n1cc(-c2cc(F)c(Cl)c(F)c2)nn1. The zero-order valence-electron chi connectivity index (χ0n) is 18.5. The van der Waals surface area contributed by atoms with E-state index in [4.69, 9.17) is 44.3 Å².